The van der Waals surface area contributed by atoms with Crippen LogP contribution in [-0.4, -0.2) is 78.7 Å². The van der Waals surface area contributed by atoms with Crippen molar-refractivity contribution in [3.05, 3.63) is 77.0 Å². The lowest BCUT2D eigenvalue weighted by Crippen LogP contribution is -2.70. The number of hydrogen-bond donors (Lipinski definition) is 4. The van der Waals surface area contributed by atoms with Gasteiger partial charge in [-0.3, -0.25) is 24.1 Å². The van der Waals surface area contributed by atoms with Gasteiger partial charge in [0.1, 0.15) is 17.1 Å². The van der Waals surface area contributed by atoms with E-state index < -0.39 is 40.8 Å². The maximum atomic E-state index is 13.5. The molecule has 0 saturated carbocycles. The molecule has 2 unspecified atom stereocenters. The second-order valence-corrected chi connectivity index (χ2v) is 11.7. The number of aliphatic carboxylic acids is 1. The summed E-state index contributed by atoms with van der Waals surface area (Å²) < 4.78 is 15.1. The van der Waals surface area contributed by atoms with Crippen molar-refractivity contribution >= 4 is 63.0 Å². The highest BCUT2D eigenvalue weighted by Gasteiger charge is 2.54. The van der Waals surface area contributed by atoms with E-state index in [9.17, 15) is 38.6 Å². The van der Waals surface area contributed by atoms with Gasteiger partial charge in [-0.25, -0.2) is 9.18 Å². The Labute approximate surface area is 257 Å². The summed E-state index contributed by atoms with van der Waals surface area (Å²) in [6, 6.07) is 6.29. The number of phenolic OH excluding ortho intramolecular Hbond substituents is 1. The molecule has 0 aliphatic carbocycles. The molecule has 5 rings (SSSR count). The van der Waals surface area contributed by atoms with Gasteiger partial charge in [-0.2, -0.15) is 4.57 Å². The van der Waals surface area contributed by atoms with Crippen molar-refractivity contribution in [2.45, 2.75) is 30.9 Å². The minimum Gasteiger partial charge on any atom is -0.505 e. The first kappa shape index (κ1) is 30.2. The van der Waals surface area contributed by atoms with Crippen LogP contribution in [0.4, 0.5) is 10.1 Å². The lowest BCUT2D eigenvalue weighted by Gasteiger charge is -2.49. The third kappa shape index (κ3) is 6.41. The molecular weight excluding hydrogens is 649 g/mol. The van der Waals surface area contributed by atoms with Crippen molar-refractivity contribution in [1.82, 2.24) is 15.1 Å². The molecule has 3 aliphatic heterocycles. The van der Waals surface area contributed by atoms with Gasteiger partial charge in [0, 0.05) is 48.3 Å². The number of alkyl halides is 1. The van der Waals surface area contributed by atoms with Crippen molar-refractivity contribution in [2.75, 3.05) is 22.9 Å². The smallest absolute Gasteiger partial charge is 0.352 e. The van der Waals surface area contributed by atoms with Crippen molar-refractivity contribution in [3.63, 3.8) is 0 Å². The molecule has 2 aromatic rings. The fourth-order valence-corrected chi connectivity index (χ4v) is 6.47. The molecule has 2 fully saturated rings. The molecule has 4 amide bonds. The van der Waals surface area contributed by atoms with Gasteiger partial charge in [-0.15, -0.1) is 11.8 Å². The predicted octanol–water partition coefficient (Wildman–Crippen LogP) is 1.25. The summed E-state index contributed by atoms with van der Waals surface area (Å²) in [6.07, 6.45) is 5.33. The number of phenols is 1. The van der Waals surface area contributed by atoms with Gasteiger partial charge in [0.2, 0.25) is 18.4 Å². The first-order valence-electron chi connectivity index (χ1n) is 13.1. The molecule has 2 saturated heterocycles. The number of carboxylic acids is 1. The third-order valence-corrected chi connectivity index (χ3v) is 8.90. The standard InChI is InChI=1S/C28H25BrFN5O7S/c29-11-21(37)32-23-26(40)35-24(28(41)42)17(14-43-27(23)35)9-16-5-8-34(25(16)39)12-15-3-6-33(7-4-15)13-22(38)31-18-1-2-20(36)19(30)10-18/h1-4,6-7,9-10,23,27H,5,8,11-14H2,(H3-,31,32,36,37,38,41,42)/p+1/b16-9+. The second kappa shape index (κ2) is 12.6. The number of allylic oxidation sites excluding steroid dienone is 1. The van der Waals surface area contributed by atoms with Crippen molar-refractivity contribution in [1.29, 1.82) is 0 Å². The van der Waals surface area contributed by atoms with Crippen LogP contribution in [0.2, 0.25) is 0 Å². The number of nitrogens with zero attached hydrogens (tertiary/aromatic N) is 3. The molecular formula is C28H26BrFN5O7S+. The Morgan fingerprint density at radius 2 is 1.91 bits per heavy atom. The van der Waals surface area contributed by atoms with Crippen LogP contribution in [0.25, 0.3) is 0 Å². The first-order chi connectivity index (χ1) is 20.5. The van der Waals surface area contributed by atoms with E-state index in [2.05, 4.69) is 26.6 Å². The lowest BCUT2D eigenvalue weighted by atomic mass is 10.0. The van der Waals surface area contributed by atoms with E-state index in [1.165, 1.54) is 22.7 Å². The van der Waals surface area contributed by atoms with Crippen LogP contribution in [0.1, 0.15) is 12.0 Å². The Balaban J connectivity index is 1.21. The number of carbonyl (C=O) groups excluding carboxylic acids is 4. The quantitative estimate of drug-likeness (QED) is 0.102. The number of aromatic nitrogens is 1. The summed E-state index contributed by atoms with van der Waals surface area (Å²) in [4.78, 5) is 64.8. The third-order valence-electron chi connectivity index (χ3n) is 7.09. The number of thioether (sulfide) groups is 1. The topological polar surface area (TPSA) is 160 Å². The molecule has 1 aromatic carbocycles. The Hall–Kier alpha value is -4.24. The van der Waals surface area contributed by atoms with Gasteiger partial charge < -0.3 is 25.7 Å². The summed E-state index contributed by atoms with van der Waals surface area (Å²) in [6.45, 7) is 0.693. The summed E-state index contributed by atoms with van der Waals surface area (Å²) in [7, 11) is 0. The number of halogens is 2. The lowest BCUT2D eigenvalue weighted by molar-refractivity contribution is -0.684. The molecule has 0 spiro atoms. The highest BCUT2D eigenvalue weighted by Crippen LogP contribution is 2.41. The Morgan fingerprint density at radius 1 is 1.16 bits per heavy atom. The number of benzene rings is 1. The number of amides is 4. The molecule has 12 nitrogen and oxygen atoms in total. The number of carboxylic acid groups (broad SMARTS) is 1. The molecule has 0 radical (unpaired) electrons. The van der Waals surface area contributed by atoms with E-state index >= 15 is 0 Å². The average Bonchev–Trinajstić information content (AvgIpc) is 3.32. The predicted molar refractivity (Wildman–Crippen MR) is 155 cm³/mol. The van der Waals surface area contributed by atoms with Gasteiger partial charge in [0.05, 0.1) is 5.33 Å². The van der Waals surface area contributed by atoms with E-state index in [1.54, 1.807) is 40.1 Å². The summed E-state index contributed by atoms with van der Waals surface area (Å²) >= 11 is 4.36. The number of nitrogens with one attached hydrogen (secondary N) is 2. The maximum Gasteiger partial charge on any atom is 0.352 e. The van der Waals surface area contributed by atoms with Gasteiger partial charge >= 0.3 is 5.97 Å². The average molecular weight is 676 g/mol. The minimum atomic E-state index is -1.28. The Kier molecular flexibility index (Phi) is 8.82. The van der Waals surface area contributed by atoms with Crippen LogP contribution in [0.3, 0.4) is 0 Å². The van der Waals surface area contributed by atoms with E-state index in [1.807, 2.05) is 0 Å². The van der Waals surface area contributed by atoms with Crippen LogP contribution >= 0.6 is 27.7 Å². The Bertz CT molecular complexity index is 1580. The van der Waals surface area contributed by atoms with Crippen LogP contribution in [0.5, 0.6) is 5.75 Å². The number of β-lactam (4-membered cyclic amide) rings is 1. The molecule has 224 valence electrons. The minimum absolute atomic E-state index is 0.0250. The monoisotopic (exact) mass is 674 g/mol. The number of pyridine rings is 1. The highest BCUT2D eigenvalue weighted by atomic mass is 79.9. The van der Waals surface area contributed by atoms with E-state index in [0.29, 0.717) is 30.7 Å². The molecule has 4 heterocycles. The van der Waals surface area contributed by atoms with Crippen LogP contribution < -0.4 is 15.2 Å². The van der Waals surface area contributed by atoms with Crippen molar-refractivity contribution < 1.29 is 43.1 Å². The van der Waals surface area contributed by atoms with Crippen LogP contribution in [0, 0.1) is 5.82 Å². The number of rotatable bonds is 9. The number of hydrogen-bond acceptors (Lipinski definition) is 7. The molecule has 3 aliphatic rings. The normalized spacial score (nSPS) is 20.7. The number of likely N-dealkylation sites (tertiary alicyclic amines) is 1. The fraction of sp³-hybridized carbons (Fsp3) is 0.286. The zero-order chi connectivity index (χ0) is 30.8. The van der Waals surface area contributed by atoms with Gasteiger partial charge in [-0.1, -0.05) is 15.9 Å². The number of aromatic hydroxyl groups is 1. The zero-order valence-electron chi connectivity index (χ0n) is 22.5. The summed E-state index contributed by atoms with van der Waals surface area (Å²) in [5.74, 6) is -3.87. The zero-order valence-corrected chi connectivity index (χ0v) is 24.9. The van der Waals surface area contributed by atoms with Gasteiger partial charge in [0.25, 0.3) is 11.8 Å². The molecule has 0 bridgehead atoms. The van der Waals surface area contributed by atoms with Crippen LogP contribution in [0.15, 0.2) is 65.6 Å². The van der Waals surface area contributed by atoms with Gasteiger partial charge in [-0.05, 0) is 35.8 Å². The van der Waals surface area contributed by atoms with E-state index in [4.69, 9.17) is 0 Å². The molecule has 4 N–H and O–H groups in total. The van der Waals surface area contributed by atoms with Gasteiger partial charge in [0.15, 0.2) is 24.0 Å². The molecule has 43 heavy (non-hydrogen) atoms. The first-order valence-corrected chi connectivity index (χ1v) is 15.3. The van der Waals surface area contributed by atoms with E-state index in [-0.39, 0.29) is 40.8 Å². The second-order valence-electron chi connectivity index (χ2n) is 10.0. The van der Waals surface area contributed by atoms with E-state index in [0.717, 1.165) is 17.7 Å². The number of fused-ring (bicyclic) bond motifs is 1. The largest absolute Gasteiger partial charge is 0.505 e. The van der Waals surface area contributed by atoms with Crippen molar-refractivity contribution in [2.24, 2.45) is 0 Å². The SMILES string of the molecule is O=C(C[n+]1ccc(CN2CC/C(=C\C3=C(C(=O)O)N4C(=O)C(NC(=O)CBr)C4SC3)C2=O)cc1)Nc1ccc(O)c(F)c1. The fourth-order valence-electron chi connectivity index (χ4n) is 5.00. The molecule has 2 atom stereocenters. The Morgan fingerprint density at radius 3 is 2.58 bits per heavy atom. The number of anilines is 1. The summed E-state index contributed by atoms with van der Waals surface area (Å²) in [5, 5.41) is 23.8. The highest BCUT2D eigenvalue weighted by molar-refractivity contribution is 9.09. The maximum absolute atomic E-state index is 13.5. The number of carbonyl (C=O) groups is 5. The molecule has 1 aromatic heterocycles. The summed E-state index contributed by atoms with van der Waals surface area (Å²) in [5.41, 5.74) is 1.66. The molecule has 15 heteroatoms. The van der Waals surface area contributed by atoms with Crippen molar-refractivity contribution in [3.8, 4) is 5.75 Å². The van der Waals surface area contributed by atoms with Crippen LogP contribution in [-0.2, 0) is 37.1 Å².